The maximum Gasteiger partial charge on any atom is 0.407 e. The van der Waals surface area contributed by atoms with Crippen LogP contribution in [0.2, 0.25) is 0 Å². The largest absolute Gasteiger partial charge is 0.444 e. The van der Waals surface area contributed by atoms with Crippen molar-refractivity contribution >= 4 is 40.1 Å². The fourth-order valence-electron chi connectivity index (χ4n) is 4.19. The standard InChI is InChI=1S/C26H35N7O6S/c1-15(20(34)28-16(2)22-31-32-23(38-22)17-8-12-37-13-9-17)27-21(35)19-14-40-24(30-19)33-10-6-18(7-11-33)29-25(36)39-26(3,4)5/h14,17-18H,1-2,6-13H2,3-5H3,(H,27,35)(H,28,34)(H,29,36). The van der Waals surface area contributed by atoms with E-state index in [4.69, 9.17) is 13.9 Å². The normalized spacial score (nSPS) is 16.7. The zero-order valence-electron chi connectivity index (χ0n) is 22.9. The van der Waals surface area contributed by atoms with Crippen LogP contribution in [0.1, 0.15) is 74.6 Å². The van der Waals surface area contributed by atoms with Gasteiger partial charge < -0.3 is 34.7 Å². The maximum absolute atomic E-state index is 12.7. The van der Waals surface area contributed by atoms with Crippen LogP contribution in [0.4, 0.5) is 9.93 Å². The van der Waals surface area contributed by atoms with Gasteiger partial charge in [0, 0.05) is 43.6 Å². The SMILES string of the molecule is C=C(NC(=O)c1csc(N2CCC(NC(=O)OC(C)(C)C)CC2)n1)C(=O)NC(=C)c1nnc(C2CCOCC2)o1. The van der Waals surface area contributed by atoms with E-state index in [9.17, 15) is 14.4 Å². The van der Waals surface area contributed by atoms with Crippen LogP contribution in [0.15, 0.2) is 28.7 Å². The predicted molar refractivity (Wildman–Crippen MR) is 148 cm³/mol. The summed E-state index contributed by atoms with van der Waals surface area (Å²) in [5.74, 6) is -0.559. The molecule has 0 spiro atoms. The van der Waals surface area contributed by atoms with Gasteiger partial charge in [-0.1, -0.05) is 13.2 Å². The molecule has 4 heterocycles. The summed E-state index contributed by atoms with van der Waals surface area (Å²) in [6, 6.07) is 0.00558. The molecule has 2 aliphatic rings. The summed E-state index contributed by atoms with van der Waals surface area (Å²) in [4.78, 5) is 43.8. The Bertz CT molecular complexity index is 1250. The molecular weight excluding hydrogens is 538 g/mol. The van der Waals surface area contributed by atoms with E-state index >= 15 is 0 Å². The second-order valence-electron chi connectivity index (χ2n) is 10.6. The summed E-state index contributed by atoms with van der Waals surface area (Å²) in [5.41, 5.74) is -0.462. The number of carbonyl (C=O) groups is 3. The van der Waals surface area contributed by atoms with Crippen molar-refractivity contribution in [2.24, 2.45) is 0 Å². The van der Waals surface area contributed by atoms with Crippen molar-refractivity contribution < 1.29 is 28.3 Å². The van der Waals surface area contributed by atoms with E-state index in [1.165, 1.54) is 11.3 Å². The summed E-state index contributed by atoms with van der Waals surface area (Å²) in [7, 11) is 0. The molecule has 0 atom stereocenters. The van der Waals surface area contributed by atoms with Crippen molar-refractivity contribution in [3.05, 3.63) is 41.7 Å². The summed E-state index contributed by atoms with van der Waals surface area (Å²) in [5, 5.41) is 18.2. The smallest absolute Gasteiger partial charge is 0.407 e. The van der Waals surface area contributed by atoms with Crippen LogP contribution in [0.5, 0.6) is 0 Å². The Kier molecular flexibility index (Phi) is 9.20. The second kappa shape index (κ2) is 12.6. The number of piperidine rings is 1. The molecule has 3 amide bonds. The third-order valence-corrected chi connectivity index (χ3v) is 7.18. The predicted octanol–water partition coefficient (Wildman–Crippen LogP) is 2.94. The lowest BCUT2D eigenvalue weighted by atomic mass is 10.0. The van der Waals surface area contributed by atoms with Gasteiger partial charge in [-0.15, -0.1) is 21.5 Å². The van der Waals surface area contributed by atoms with Gasteiger partial charge in [0.2, 0.25) is 5.89 Å². The van der Waals surface area contributed by atoms with Gasteiger partial charge in [-0.2, -0.15) is 0 Å². The molecule has 216 valence electrons. The summed E-state index contributed by atoms with van der Waals surface area (Å²) in [6.07, 6.45) is 2.58. The van der Waals surface area contributed by atoms with Gasteiger partial charge in [-0.25, -0.2) is 9.78 Å². The van der Waals surface area contributed by atoms with E-state index in [0.29, 0.717) is 37.3 Å². The Morgan fingerprint density at radius 1 is 1.07 bits per heavy atom. The first-order valence-electron chi connectivity index (χ1n) is 13.1. The number of nitrogens with one attached hydrogen (secondary N) is 3. The van der Waals surface area contributed by atoms with Gasteiger partial charge in [0.15, 0.2) is 5.13 Å². The molecule has 2 saturated heterocycles. The Labute approximate surface area is 236 Å². The Hall–Kier alpha value is -3.78. The topological polar surface area (TPSA) is 161 Å². The number of anilines is 1. The van der Waals surface area contributed by atoms with Crippen molar-refractivity contribution in [2.75, 3.05) is 31.2 Å². The highest BCUT2D eigenvalue weighted by atomic mass is 32.1. The molecule has 0 aromatic carbocycles. The minimum Gasteiger partial charge on any atom is -0.444 e. The fourth-order valence-corrected chi connectivity index (χ4v) is 5.05. The Morgan fingerprint density at radius 2 is 1.77 bits per heavy atom. The third-order valence-electron chi connectivity index (χ3n) is 6.28. The van der Waals surface area contributed by atoms with Crippen LogP contribution >= 0.6 is 11.3 Å². The first kappa shape index (κ1) is 29.2. The molecule has 2 aliphatic heterocycles. The van der Waals surface area contributed by atoms with Crippen molar-refractivity contribution in [3.8, 4) is 0 Å². The molecule has 0 radical (unpaired) electrons. The number of thiazole rings is 1. The number of carbonyl (C=O) groups excluding carboxylic acids is 3. The van der Waals surface area contributed by atoms with E-state index in [1.807, 2.05) is 20.8 Å². The minimum atomic E-state index is -0.667. The van der Waals surface area contributed by atoms with E-state index < -0.39 is 23.5 Å². The third kappa shape index (κ3) is 7.88. The molecular formula is C26H35N7O6S. The van der Waals surface area contributed by atoms with Crippen LogP contribution < -0.4 is 20.9 Å². The van der Waals surface area contributed by atoms with Crippen LogP contribution in [-0.4, -0.2) is 71.0 Å². The van der Waals surface area contributed by atoms with Gasteiger partial charge in [-0.3, -0.25) is 9.59 Å². The quantitative estimate of drug-likeness (QED) is 0.401. The van der Waals surface area contributed by atoms with Crippen molar-refractivity contribution in [2.45, 2.75) is 64.0 Å². The van der Waals surface area contributed by atoms with Crippen molar-refractivity contribution in [1.29, 1.82) is 0 Å². The van der Waals surface area contributed by atoms with Crippen molar-refractivity contribution in [3.63, 3.8) is 0 Å². The fraction of sp³-hybridized carbons (Fsp3) is 0.538. The van der Waals surface area contributed by atoms with E-state index in [2.05, 4.69) is 49.2 Å². The lowest BCUT2D eigenvalue weighted by Crippen LogP contribution is -2.46. The number of nitrogens with zero attached hydrogens (tertiary/aromatic N) is 4. The van der Waals surface area contributed by atoms with Crippen LogP contribution in [0, 0.1) is 0 Å². The lowest BCUT2D eigenvalue weighted by molar-refractivity contribution is -0.116. The van der Waals surface area contributed by atoms with Gasteiger partial charge in [0.1, 0.15) is 11.3 Å². The van der Waals surface area contributed by atoms with Gasteiger partial charge >= 0.3 is 6.09 Å². The highest BCUT2D eigenvalue weighted by molar-refractivity contribution is 7.13. The summed E-state index contributed by atoms with van der Waals surface area (Å²) in [6.45, 7) is 15.5. The molecule has 3 N–H and O–H groups in total. The number of hydrogen-bond acceptors (Lipinski definition) is 11. The molecule has 4 rings (SSSR count). The average Bonchev–Trinajstić information content (AvgIpc) is 3.59. The van der Waals surface area contributed by atoms with Gasteiger partial charge in [-0.05, 0) is 46.5 Å². The number of alkyl carbamates (subject to hydrolysis) is 1. The molecule has 2 aromatic rings. The zero-order chi connectivity index (χ0) is 28.9. The molecule has 14 heteroatoms. The summed E-state index contributed by atoms with van der Waals surface area (Å²) >= 11 is 1.33. The monoisotopic (exact) mass is 573 g/mol. The molecule has 0 saturated carbocycles. The molecule has 2 fully saturated rings. The Morgan fingerprint density at radius 3 is 2.45 bits per heavy atom. The molecule has 2 aromatic heterocycles. The second-order valence-corrected chi connectivity index (χ2v) is 11.5. The summed E-state index contributed by atoms with van der Waals surface area (Å²) < 4.78 is 16.3. The average molecular weight is 574 g/mol. The van der Waals surface area contributed by atoms with Gasteiger partial charge in [0.05, 0.1) is 11.4 Å². The van der Waals surface area contributed by atoms with Gasteiger partial charge in [0.25, 0.3) is 17.7 Å². The highest BCUT2D eigenvalue weighted by Crippen LogP contribution is 2.27. The van der Waals surface area contributed by atoms with Crippen LogP contribution in [0.25, 0.3) is 5.70 Å². The number of ether oxygens (including phenoxy) is 2. The zero-order valence-corrected chi connectivity index (χ0v) is 23.8. The number of hydrogen-bond donors (Lipinski definition) is 3. The molecule has 0 aliphatic carbocycles. The minimum absolute atomic E-state index is 0.00558. The van der Waals surface area contributed by atoms with Crippen LogP contribution in [-0.2, 0) is 14.3 Å². The Balaban J connectivity index is 1.23. The lowest BCUT2D eigenvalue weighted by Gasteiger charge is -2.32. The highest BCUT2D eigenvalue weighted by Gasteiger charge is 2.26. The first-order chi connectivity index (χ1) is 19.0. The van der Waals surface area contributed by atoms with E-state index in [-0.39, 0.29) is 34.9 Å². The van der Waals surface area contributed by atoms with E-state index in [0.717, 1.165) is 25.7 Å². The first-order valence-corrected chi connectivity index (χ1v) is 14.0. The molecule has 0 bridgehead atoms. The number of amides is 3. The molecule has 0 unspecified atom stereocenters. The van der Waals surface area contributed by atoms with Crippen LogP contribution in [0.3, 0.4) is 0 Å². The number of rotatable bonds is 8. The molecule has 40 heavy (non-hydrogen) atoms. The maximum atomic E-state index is 12.7. The molecule has 13 nitrogen and oxygen atoms in total. The van der Waals surface area contributed by atoms with Crippen molar-refractivity contribution in [1.82, 2.24) is 31.1 Å². The number of aromatic nitrogens is 3. The van der Waals surface area contributed by atoms with E-state index in [1.54, 1.807) is 5.38 Å².